The average Bonchev–Trinajstić information content (AvgIpc) is 2.82. The second-order valence-electron chi connectivity index (χ2n) is 4.41. The van der Waals surface area contributed by atoms with E-state index >= 15 is 0 Å². The molecule has 0 aromatic carbocycles. The topological polar surface area (TPSA) is 49.8 Å². The first kappa shape index (κ1) is 9.54. The van der Waals surface area contributed by atoms with E-state index in [0.29, 0.717) is 12.0 Å². The standard InChI is InChI=1S/C10H16N4S/c1-2-8(11-5-1)6-12-10-13-9(14-15-10)7-3-4-7/h7-8,11H,1-6H2,(H,12,13,14). The Morgan fingerprint density at radius 2 is 2.33 bits per heavy atom. The van der Waals surface area contributed by atoms with Gasteiger partial charge in [-0.2, -0.15) is 4.37 Å². The Labute approximate surface area is 93.7 Å². The minimum Gasteiger partial charge on any atom is -0.359 e. The first-order valence-electron chi connectivity index (χ1n) is 5.72. The molecule has 0 bridgehead atoms. The van der Waals surface area contributed by atoms with Gasteiger partial charge < -0.3 is 10.6 Å². The van der Waals surface area contributed by atoms with Gasteiger partial charge in [0.05, 0.1) is 0 Å². The van der Waals surface area contributed by atoms with Crippen molar-refractivity contribution in [3.8, 4) is 0 Å². The highest BCUT2D eigenvalue weighted by Gasteiger charge is 2.27. The molecule has 15 heavy (non-hydrogen) atoms. The molecule has 1 aromatic rings. The third-order valence-electron chi connectivity index (χ3n) is 3.05. The first-order valence-corrected chi connectivity index (χ1v) is 6.50. The molecule has 2 N–H and O–H groups in total. The van der Waals surface area contributed by atoms with E-state index in [1.807, 2.05) is 0 Å². The highest BCUT2D eigenvalue weighted by molar-refractivity contribution is 7.09. The molecule has 4 nitrogen and oxygen atoms in total. The number of hydrogen-bond acceptors (Lipinski definition) is 5. The molecule has 0 radical (unpaired) electrons. The number of hydrogen-bond donors (Lipinski definition) is 2. The summed E-state index contributed by atoms with van der Waals surface area (Å²) in [6, 6.07) is 0.623. The zero-order chi connectivity index (χ0) is 10.1. The molecule has 82 valence electrons. The van der Waals surface area contributed by atoms with Crippen LogP contribution in [0.3, 0.4) is 0 Å². The molecular formula is C10H16N4S. The Balaban J connectivity index is 1.52. The maximum absolute atomic E-state index is 4.50. The van der Waals surface area contributed by atoms with Crippen LogP contribution in [0.25, 0.3) is 0 Å². The fourth-order valence-electron chi connectivity index (χ4n) is 1.96. The van der Waals surface area contributed by atoms with Gasteiger partial charge in [-0.05, 0) is 32.2 Å². The van der Waals surface area contributed by atoms with Crippen molar-refractivity contribution < 1.29 is 0 Å². The average molecular weight is 224 g/mol. The number of nitrogens with one attached hydrogen (secondary N) is 2. The minimum absolute atomic E-state index is 0.623. The van der Waals surface area contributed by atoms with Crippen molar-refractivity contribution in [2.75, 3.05) is 18.4 Å². The molecule has 0 spiro atoms. The Morgan fingerprint density at radius 1 is 1.40 bits per heavy atom. The summed E-state index contributed by atoms with van der Waals surface area (Å²) in [5, 5.41) is 7.83. The third kappa shape index (κ3) is 2.29. The molecule has 0 amide bonds. The molecule has 1 saturated carbocycles. The molecule has 2 heterocycles. The summed E-state index contributed by atoms with van der Waals surface area (Å²) in [7, 11) is 0. The SMILES string of the molecule is C1CNC(CNc2nc(C3CC3)ns2)C1. The van der Waals surface area contributed by atoms with E-state index in [1.54, 1.807) is 0 Å². The maximum Gasteiger partial charge on any atom is 0.202 e. The van der Waals surface area contributed by atoms with Gasteiger partial charge in [-0.1, -0.05) is 0 Å². The van der Waals surface area contributed by atoms with Crippen molar-refractivity contribution in [1.29, 1.82) is 0 Å². The van der Waals surface area contributed by atoms with Gasteiger partial charge in [-0.3, -0.25) is 0 Å². The van der Waals surface area contributed by atoms with Crippen molar-refractivity contribution in [3.05, 3.63) is 5.82 Å². The van der Waals surface area contributed by atoms with E-state index < -0.39 is 0 Å². The van der Waals surface area contributed by atoms with Crippen molar-refractivity contribution in [2.24, 2.45) is 0 Å². The Kier molecular flexibility index (Phi) is 2.58. The fourth-order valence-corrected chi connectivity index (χ4v) is 2.61. The van der Waals surface area contributed by atoms with Crippen molar-refractivity contribution in [1.82, 2.24) is 14.7 Å². The molecule has 1 unspecified atom stereocenters. The normalized spacial score (nSPS) is 25.7. The lowest BCUT2D eigenvalue weighted by Crippen LogP contribution is -2.29. The van der Waals surface area contributed by atoms with Crippen LogP contribution in [-0.4, -0.2) is 28.5 Å². The van der Waals surface area contributed by atoms with Gasteiger partial charge in [0.25, 0.3) is 0 Å². The molecule has 2 fully saturated rings. The third-order valence-corrected chi connectivity index (χ3v) is 3.73. The lowest BCUT2D eigenvalue weighted by atomic mass is 10.2. The lowest BCUT2D eigenvalue weighted by Gasteiger charge is -2.09. The van der Waals surface area contributed by atoms with Gasteiger partial charge in [0.2, 0.25) is 5.13 Å². The predicted molar refractivity (Wildman–Crippen MR) is 61.4 cm³/mol. The summed E-state index contributed by atoms with van der Waals surface area (Å²) in [6.45, 7) is 2.15. The minimum atomic E-state index is 0.623. The van der Waals surface area contributed by atoms with E-state index in [-0.39, 0.29) is 0 Å². The predicted octanol–water partition coefficient (Wildman–Crippen LogP) is 1.58. The number of rotatable bonds is 4. The largest absolute Gasteiger partial charge is 0.359 e. The van der Waals surface area contributed by atoms with Gasteiger partial charge in [-0.25, -0.2) is 4.98 Å². The van der Waals surface area contributed by atoms with Crippen LogP contribution in [0.1, 0.15) is 37.4 Å². The van der Waals surface area contributed by atoms with Crippen LogP contribution in [0.2, 0.25) is 0 Å². The maximum atomic E-state index is 4.50. The summed E-state index contributed by atoms with van der Waals surface area (Å²) in [5.41, 5.74) is 0. The van der Waals surface area contributed by atoms with Crippen LogP contribution in [0.15, 0.2) is 0 Å². The van der Waals surface area contributed by atoms with Gasteiger partial charge in [0.15, 0.2) is 0 Å². The molecular weight excluding hydrogens is 208 g/mol. The molecule has 1 saturated heterocycles. The van der Waals surface area contributed by atoms with E-state index in [0.717, 1.165) is 24.0 Å². The summed E-state index contributed by atoms with van der Waals surface area (Å²) in [4.78, 5) is 4.50. The molecule has 1 aromatic heterocycles. The van der Waals surface area contributed by atoms with Crippen molar-refractivity contribution in [2.45, 2.75) is 37.6 Å². The van der Waals surface area contributed by atoms with E-state index in [2.05, 4.69) is 20.0 Å². The molecule has 5 heteroatoms. The molecule has 3 rings (SSSR count). The smallest absolute Gasteiger partial charge is 0.202 e. The van der Waals surface area contributed by atoms with Crippen LogP contribution < -0.4 is 10.6 Å². The zero-order valence-corrected chi connectivity index (χ0v) is 9.52. The molecule has 1 atom stereocenters. The molecule has 2 aliphatic rings. The second-order valence-corrected chi connectivity index (χ2v) is 5.16. The number of nitrogens with zero attached hydrogens (tertiary/aromatic N) is 2. The zero-order valence-electron chi connectivity index (χ0n) is 8.70. The first-order chi connectivity index (χ1) is 7.42. The van der Waals surface area contributed by atoms with E-state index in [4.69, 9.17) is 0 Å². The van der Waals surface area contributed by atoms with Crippen LogP contribution in [0, 0.1) is 0 Å². The quantitative estimate of drug-likeness (QED) is 0.815. The van der Waals surface area contributed by atoms with Crippen LogP contribution in [-0.2, 0) is 0 Å². The van der Waals surface area contributed by atoms with E-state index in [9.17, 15) is 0 Å². The van der Waals surface area contributed by atoms with Crippen LogP contribution in [0.4, 0.5) is 5.13 Å². The number of aromatic nitrogens is 2. The summed E-state index contributed by atoms with van der Waals surface area (Å²) >= 11 is 1.50. The van der Waals surface area contributed by atoms with Gasteiger partial charge in [-0.15, -0.1) is 0 Å². The van der Waals surface area contributed by atoms with Crippen molar-refractivity contribution in [3.63, 3.8) is 0 Å². The Bertz CT molecular complexity index is 328. The second kappa shape index (κ2) is 4.06. The van der Waals surface area contributed by atoms with E-state index in [1.165, 1.54) is 37.2 Å². The summed E-state index contributed by atoms with van der Waals surface area (Å²) in [5.74, 6) is 1.73. The van der Waals surface area contributed by atoms with Gasteiger partial charge in [0, 0.05) is 30.0 Å². The Morgan fingerprint density at radius 3 is 3.07 bits per heavy atom. The summed E-state index contributed by atoms with van der Waals surface area (Å²) in [6.07, 6.45) is 5.14. The monoisotopic (exact) mass is 224 g/mol. The highest BCUT2D eigenvalue weighted by Crippen LogP contribution is 2.39. The fraction of sp³-hybridized carbons (Fsp3) is 0.800. The molecule has 1 aliphatic carbocycles. The van der Waals surface area contributed by atoms with Gasteiger partial charge >= 0.3 is 0 Å². The van der Waals surface area contributed by atoms with Gasteiger partial charge in [0.1, 0.15) is 5.82 Å². The number of anilines is 1. The lowest BCUT2D eigenvalue weighted by molar-refractivity contribution is 0.633. The summed E-state index contributed by atoms with van der Waals surface area (Å²) < 4.78 is 4.37. The van der Waals surface area contributed by atoms with Crippen LogP contribution >= 0.6 is 11.5 Å². The Hall–Kier alpha value is -0.680. The van der Waals surface area contributed by atoms with Crippen LogP contribution in [0.5, 0.6) is 0 Å². The molecule has 1 aliphatic heterocycles. The highest BCUT2D eigenvalue weighted by atomic mass is 32.1. The van der Waals surface area contributed by atoms with Crippen molar-refractivity contribution >= 4 is 16.7 Å².